The largest absolute Gasteiger partial charge is 0.328 e. The Labute approximate surface area is 82.5 Å². The van der Waals surface area contributed by atoms with Crippen molar-refractivity contribution in [3.8, 4) is 6.07 Å². The average Bonchev–Trinajstić information content (AvgIpc) is 2.47. The van der Waals surface area contributed by atoms with Crippen molar-refractivity contribution in [3.05, 3.63) is 17.5 Å². The minimum absolute atomic E-state index is 0.0904. The number of carbonyl (C=O) groups is 1. The van der Waals surface area contributed by atoms with Crippen molar-refractivity contribution < 1.29 is 4.79 Å². The first-order valence-electron chi connectivity index (χ1n) is 4.19. The normalized spacial score (nSPS) is 9.57. The second kappa shape index (κ2) is 3.92. The van der Waals surface area contributed by atoms with E-state index >= 15 is 0 Å². The number of amides is 1. The van der Waals surface area contributed by atoms with Gasteiger partial charge in [-0.3, -0.25) is 9.48 Å². The molecule has 1 heterocycles. The van der Waals surface area contributed by atoms with Crippen molar-refractivity contribution in [2.75, 3.05) is 13.6 Å². The number of aromatic nitrogens is 2. The van der Waals surface area contributed by atoms with Crippen LogP contribution in [-0.2, 0) is 7.05 Å². The van der Waals surface area contributed by atoms with Crippen molar-refractivity contribution in [1.29, 1.82) is 5.26 Å². The molecule has 1 amide bonds. The van der Waals surface area contributed by atoms with E-state index in [1.807, 2.05) is 13.0 Å². The molecular formula is C9H12N4O. The zero-order valence-corrected chi connectivity index (χ0v) is 8.48. The van der Waals surface area contributed by atoms with Gasteiger partial charge in [0.15, 0.2) is 0 Å². The van der Waals surface area contributed by atoms with Gasteiger partial charge in [-0.1, -0.05) is 0 Å². The van der Waals surface area contributed by atoms with Gasteiger partial charge in [-0.15, -0.1) is 0 Å². The van der Waals surface area contributed by atoms with E-state index in [0.29, 0.717) is 5.56 Å². The second-order valence-electron chi connectivity index (χ2n) is 3.09. The third kappa shape index (κ3) is 1.74. The lowest BCUT2D eigenvalue weighted by molar-refractivity contribution is 0.0811. The highest BCUT2D eigenvalue weighted by atomic mass is 16.2. The summed E-state index contributed by atoms with van der Waals surface area (Å²) >= 11 is 0. The van der Waals surface area contributed by atoms with E-state index in [1.165, 1.54) is 11.1 Å². The lowest BCUT2D eigenvalue weighted by Gasteiger charge is -2.11. The standard InChI is InChI=1S/C9H12N4O/c1-7-8(6-11-13(7)3)9(14)12(2)5-4-10/h6H,5H2,1-3H3. The molecule has 0 fully saturated rings. The fourth-order valence-electron chi connectivity index (χ4n) is 1.09. The molecule has 0 aliphatic rings. The molecule has 0 atom stereocenters. The number of carbonyl (C=O) groups excluding carboxylic acids is 1. The molecule has 14 heavy (non-hydrogen) atoms. The first-order chi connectivity index (χ1) is 6.57. The van der Waals surface area contributed by atoms with Gasteiger partial charge in [-0.2, -0.15) is 10.4 Å². The topological polar surface area (TPSA) is 61.9 Å². The van der Waals surface area contributed by atoms with Crippen LogP contribution in [0, 0.1) is 18.3 Å². The highest BCUT2D eigenvalue weighted by molar-refractivity contribution is 5.95. The minimum atomic E-state index is -0.169. The Bertz CT molecular complexity index is 388. The van der Waals surface area contributed by atoms with Crippen molar-refractivity contribution >= 4 is 5.91 Å². The molecule has 0 spiro atoms. The maximum atomic E-state index is 11.7. The third-order valence-electron chi connectivity index (χ3n) is 2.12. The molecule has 74 valence electrons. The second-order valence-corrected chi connectivity index (χ2v) is 3.09. The molecule has 5 nitrogen and oxygen atoms in total. The Morgan fingerprint density at radius 3 is 2.86 bits per heavy atom. The van der Waals surface area contributed by atoms with Crippen LogP contribution in [0.4, 0.5) is 0 Å². The minimum Gasteiger partial charge on any atom is -0.328 e. The zero-order valence-electron chi connectivity index (χ0n) is 8.48. The summed E-state index contributed by atoms with van der Waals surface area (Å²) in [4.78, 5) is 13.1. The zero-order chi connectivity index (χ0) is 10.7. The molecule has 0 aliphatic carbocycles. The van der Waals surface area contributed by atoms with Gasteiger partial charge in [0, 0.05) is 19.8 Å². The van der Waals surface area contributed by atoms with Crippen LogP contribution in [0.15, 0.2) is 6.20 Å². The molecule has 0 saturated heterocycles. The van der Waals surface area contributed by atoms with Gasteiger partial charge in [0.2, 0.25) is 0 Å². The summed E-state index contributed by atoms with van der Waals surface area (Å²) in [6, 6.07) is 1.92. The van der Waals surface area contributed by atoms with Crippen molar-refractivity contribution in [3.63, 3.8) is 0 Å². The third-order valence-corrected chi connectivity index (χ3v) is 2.12. The molecule has 0 N–H and O–H groups in total. The van der Waals surface area contributed by atoms with E-state index in [9.17, 15) is 4.79 Å². The van der Waals surface area contributed by atoms with Gasteiger partial charge < -0.3 is 4.90 Å². The first-order valence-corrected chi connectivity index (χ1v) is 4.19. The Balaban J connectivity index is 2.91. The Morgan fingerprint density at radius 1 is 1.79 bits per heavy atom. The molecule has 0 saturated carbocycles. The van der Waals surface area contributed by atoms with Gasteiger partial charge in [0.1, 0.15) is 6.54 Å². The van der Waals surface area contributed by atoms with Gasteiger partial charge >= 0.3 is 0 Å². The number of nitriles is 1. The Hall–Kier alpha value is -1.83. The van der Waals surface area contributed by atoms with Crippen LogP contribution in [-0.4, -0.2) is 34.2 Å². The van der Waals surface area contributed by atoms with Crippen LogP contribution in [0.25, 0.3) is 0 Å². The van der Waals surface area contributed by atoms with Crippen LogP contribution in [0.3, 0.4) is 0 Å². The lowest BCUT2D eigenvalue weighted by atomic mass is 10.2. The summed E-state index contributed by atoms with van der Waals surface area (Å²) in [6.07, 6.45) is 1.52. The summed E-state index contributed by atoms with van der Waals surface area (Å²) in [5.74, 6) is -0.169. The number of rotatable bonds is 2. The number of nitrogens with zero attached hydrogens (tertiary/aromatic N) is 4. The lowest BCUT2D eigenvalue weighted by Crippen LogP contribution is -2.27. The van der Waals surface area contributed by atoms with E-state index < -0.39 is 0 Å². The average molecular weight is 192 g/mol. The molecule has 0 aromatic carbocycles. The van der Waals surface area contributed by atoms with Crippen LogP contribution in [0.5, 0.6) is 0 Å². The summed E-state index contributed by atoms with van der Waals surface area (Å²) in [5, 5.41) is 12.4. The fourth-order valence-corrected chi connectivity index (χ4v) is 1.09. The van der Waals surface area contributed by atoms with E-state index in [-0.39, 0.29) is 12.5 Å². The smallest absolute Gasteiger partial charge is 0.257 e. The number of hydrogen-bond acceptors (Lipinski definition) is 3. The van der Waals surface area contributed by atoms with Crippen molar-refractivity contribution in [2.24, 2.45) is 7.05 Å². The number of hydrogen-bond donors (Lipinski definition) is 0. The van der Waals surface area contributed by atoms with Crippen molar-refractivity contribution in [1.82, 2.24) is 14.7 Å². The van der Waals surface area contributed by atoms with Crippen LogP contribution in [0.1, 0.15) is 16.1 Å². The van der Waals surface area contributed by atoms with Crippen LogP contribution in [0.2, 0.25) is 0 Å². The SMILES string of the molecule is Cc1c(C(=O)N(C)CC#N)cnn1C. The molecule has 5 heteroatoms. The van der Waals surface area contributed by atoms with E-state index in [2.05, 4.69) is 5.10 Å². The predicted octanol–water partition coefficient (Wildman–Crippen LogP) is 0.324. The van der Waals surface area contributed by atoms with E-state index in [0.717, 1.165) is 5.69 Å². The molecule has 1 rings (SSSR count). The maximum Gasteiger partial charge on any atom is 0.257 e. The number of aryl methyl sites for hydroxylation is 1. The summed E-state index contributed by atoms with van der Waals surface area (Å²) in [5.41, 5.74) is 1.35. The predicted molar refractivity (Wildman–Crippen MR) is 50.5 cm³/mol. The van der Waals surface area contributed by atoms with Gasteiger partial charge in [0.25, 0.3) is 5.91 Å². The highest BCUT2D eigenvalue weighted by Crippen LogP contribution is 2.07. The Kier molecular flexibility index (Phi) is 2.87. The molecule has 0 unspecified atom stereocenters. The van der Waals surface area contributed by atoms with Gasteiger partial charge in [-0.25, -0.2) is 0 Å². The van der Waals surface area contributed by atoms with E-state index in [4.69, 9.17) is 5.26 Å². The summed E-state index contributed by atoms with van der Waals surface area (Å²) in [7, 11) is 3.37. The molecular weight excluding hydrogens is 180 g/mol. The molecule has 0 aliphatic heterocycles. The van der Waals surface area contributed by atoms with Crippen LogP contribution < -0.4 is 0 Å². The fraction of sp³-hybridized carbons (Fsp3) is 0.444. The molecule has 1 aromatic heterocycles. The van der Waals surface area contributed by atoms with Crippen molar-refractivity contribution in [2.45, 2.75) is 6.92 Å². The van der Waals surface area contributed by atoms with E-state index in [1.54, 1.807) is 18.8 Å². The first kappa shape index (κ1) is 10.3. The summed E-state index contributed by atoms with van der Waals surface area (Å²) < 4.78 is 1.63. The molecule has 0 radical (unpaired) electrons. The Morgan fingerprint density at radius 2 is 2.43 bits per heavy atom. The summed E-state index contributed by atoms with van der Waals surface area (Å²) in [6.45, 7) is 1.91. The quantitative estimate of drug-likeness (QED) is 0.634. The van der Waals surface area contributed by atoms with Gasteiger partial charge in [0.05, 0.1) is 17.8 Å². The van der Waals surface area contributed by atoms with Crippen LogP contribution >= 0.6 is 0 Å². The van der Waals surface area contributed by atoms with Gasteiger partial charge in [-0.05, 0) is 6.92 Å². The molecule has 0 bridgehead atoms. The maximum absolute atomic E-state index is 11.7. The molecule has 1 aromatic rings. The monoisotopic (exact) mass is 192 g/mol. The highest BCUT2D eigenvalue weighted by Gasteiger charge is 2.16.